The molecule has 0 bridgehead atoms. The highest BCUT2D eigenvalue weighted by Crippen LogP contribution is 2.41. The number of benzene rings is 2. The highest BCUT2D eigenvalue weighted by molar-refractivity contribution is 5.73. The molecule has 0 unspecified atom stereocenters. The maximum Gasteiger partial charge on any atom is 0.181 e. The molecule has 2 fully saturated rings. The Balaban J connectivity index is 1.39. The summed E-state index contributed by atoms with van der Waals surface area (Å²) in [5.74, 6) is 2.94. The summed E-state index contributed by atoms with van der Waals surface area (Å²) in [4.78, 5) is 7.18. The van der Waals surface area contributed by atoms with Gasteiger partial charge >= 0.3 is 0 Å². The van der Waals surface area contributed by atoms with Crippen molar-refractivity contribution in [3.63, 3.8) is 0 Å². The standard InChI is InChI=1S/C29H36N4/c1-19-9-11-23(12-10-19)24-13-15-33(16-14-24)21(3)26-18-28(29-30-22(4)31-32-29)27(17-20(26)2)25-7-5-6-8-25/h9-12,17-18,24-25H,3,5-8,13-16H2,1-2,4H3,(H,30,31,32). The molecule has 1 aromatic heterocycles. The van der Waals surface area contributed by atoms with Gasteiger partial charge in [-0.15, -0.1) is 0 Å². The van der Waals surface area contributed by atoms with Crippen LogP contribution in [0.5, 0.6) is 0 Å². The molecule has 0 radical (unpaired) electrons. The predicted octanol–water partition coefficient (Wildman–Crippen LogP) is 6.90. The van der Waals surface area contributed by atoms with Gasteiger partial charge in [0, 0.05) is 29.9 Å². The molecule has 0 spiro atoms. The van der Waals surface area contributed by atoms with Gasteiger partial charge in [-0.25, -0.2) is 4.98 Å². The van der Waals surface area contributed by atoms with E-state index < -0.39 is 0 Å². The van der Waals surface area contributed by atoms with Crippen LogP contribution in [-0.4, -0.2) is 33.2 Å². The minimum absolute atomic E-state index is 0.616. The van der Waals surface area contributed by atoms with Crippen LogP contribution in [0.3, 0.4) is 0 Å². The number of rotatable bonds is 5. The molecular formula is C29H36N4. The summed E-state index contributed by atoms with van der Waals surface area (Å²) < 4.78 is 0. The smallest absolute Gasteiger partial charge is 0.181 e. The van der Waals surface area contributed by atoms with Gasteiger partial charge in [-0.1, -0.05) is 55.3 Å². The Bertz CT molecular complexity index is 1130. The van der Waals surface area contributed by atoms with Crippen molar-refractivity contribution in [1.29, 1.82) is 0 Å². The van der Waals surface area contributed by atoms with Gasteiger partial charge in [0.15, 0.2) is 5.82 Å². The number of nitrogens with one attached hydrogen (secondary N) is 1. The van der Waals surface area contributed by atoms with E-state index in [-0.39, 0.29) is 0 Å². The number of hydrogen-bond acceptors (Lipinski definition) is 3. The second kappa shape index (κ2) is 9.17. The fourth-order valence-corrected chi connectivity index (χ4v) is 5.76. The van der Waals surface area contributed by atoms with Crippen LogP contribution in [0.25, 0.3) is 17.1 Å². The Kier molecular flexibility index (Phi) is 6.09. The average molecular weight is 441 g/mol. The maximum atomic E-state index is 4.70. The molecule has 33 heavy (non-hydrogen) atoms. The number of likely N-dealkylation sites (tertiary alicyclic amines) is 1. The Morgan fingerprint density at radius 1 is 0.939 bits per heavy atom. The van der Waals surface area contributed by atoms with E-state index >= 15 is 0 Å². The van der Waals surface area contributed by atoms with Crippen LogP contribution in [0.4, 0.5) is 0 Å². The van der Waals surface area contributed by atoms with Crippen molar-refractivity contribution in [2.45, 2.75) is 71.1 Å². The van der Waals surface area contributed by atoms with Gasteiger partial charge in [-0.2, -0.15) is 5.10 Å². The van der Waals surface area contributed by atoms with Gasteiger partial charge in [0.2, 0.25) is 0 Å². The molecule has 1 saturated carbocycles. The molecule has 1 saturated heterocycles. The Hall–Kier alpha value is -2.88. The second-order valence-corrected chi connectivity index (χ2v) is 10.1. The monoisotopic (exact) mass is 440 g/mol. The summed E-state index contributed by atoms with van der Waals surface area (Å²) in [6.07, 6.45) is 7.52. The van der Waals surface area contributed by atoms with Gasteiger partial charge in [-0.3, -0.25) is 5.10 Å². The number of aromatic amines is 1. The molecule has 4 heteroatoms. The van der Waals surface area contributed by atoms with E-state index in [1.54, 1.807) is 0 Å². The Morgan fingerprint density at radius 3 is 2.27 bits per heavy atom. The van der Waals surface area contributed by atoms with Crippen molar-refractivity contribution in [3.05, 3.63) is 76.6 Å². The molecule has 2 aliphatic rings. The molecule has 4 nitrogen and oxygen atoms in total. The van der Waals surface area contributed by atoms with Crippen LogP contribution in [0.15, 0.2) is 43.0 Å². The maximum absolute atomic E-state index is 4.70. The molecule has 1 N–H and O–H groups in total. The number of piperidine rings is 1. The van der Waals surface area contributed by atoms with E-state index in [0.29, 0.717) is 11.8 Å². The van der Waals surface area contributed by atoms with Crippen LogP contribution in [0, 0.1) is 20.8 Å². The molecular weight excluding hydrogens is 404 g/mol. The zero-order chi connectivity index (χ0) is 22.9. The molecule has 0 amide bonds. The molecule has 3 aromatic rings. The van der Waals surface area contributed by atoms with Crippen LogP contribution in [-0.2, 0) is 0 Å². The Morgan fingerprint density at radius 2 is 1.64 bits per heavy atom. The third-order valence-electron chi connectivity index (χ3n) is 7.77. The minimum Gasteiger partial charge on any atom is -0.371 e. The summed E-state index contributed by atoms with van der Waals surface area (Å²) in [6, 6.07) is 13.8. The van der Waals surface area contributed by atoms with E-state index in [9.17, 15) is 0 Å². The average Bonchev–Trinajstić information content (AvgIpc) is 3.51. The zero-order valence-corrected chi connectivity index (χ0v) is 20.3. The van der Waals surface area contributed by atoms with Gasteiger partial charge < -0.3 is 4.90 Å². The summed E-state index contributed by atoms with van der Waals surface area (Å²) in [7, 11) is 0. The lowest BCUT2D eigenvalue weighted by Gasteiger charge is -2.36. The lowest BCUT2D eigenvalue weighted by molar-refractivity contribution is 0.299. The summed E-state index contributed by atoms with van der Waals surface area (Å²) >= 11 is 0. The van der Waals surface area contributed by atoms with E-state index in [1.165, 1.54) is 71.9 Å². The quantitative estimate of drug-likeness (QED) is 0.469. The van der Waals surface area contributed by atoms with Gasteiger partial charge in [0.1, 0.15) is 5.82 Å². The summed E-state index contributed by atoms with van der Waals surface area (Å²) in [5, 5.41) is 7.57. The number of nitrogens with zero attached hydrogens (tertiary/aromatic N) is 3. The van der Waals surface area contributed by atoms with Crippen molar-refractivity contribution >= 4 is 5.70 Å². The van der Waals surface area contributed by atoms with E-state index in [4.69, 9.17) is 4.98 Å². The lowest BCUT2D eigenvalue weighted by Crippen LogP contribution is -2.31. The third kappa shape index (κ3) is 4.48. The number of hydrogen-bond donors (Lipinski definition) is 1. The first kappa shape index (κ1) is 21.9. The van der Waals surface area contributed by atoms with E-state index in [0.717, 1.165) is 30.4 Å². The highest BCUT2D eigenvalue weighted by atomic mass is 15.2. The normalized spacial score (nSPS) is 17.6. The van der Waals surface area contributed by atoms with Gasteiger partial charge in [0.05, 0.1) is 0 Å². The summed E-state index contributed by atoms with van der Waals surface area (Å²) in [5.41, 5.74) is 9.10. The topological polar surface area (TPSA) is 44.8 Å². The first-order valence-corrected chi connectivity index (χ1v) is 12.5. The molecule has 2 heterocycles. The van der Waals surface area contributed by atoms with Gasteiger partial charge in [-0.05, 0) is 81.0 Å². The third-order valence-corrected chi connectivity index (χ3v) is 7.77. The molecule has 2 aromatic carbocycles. The van der Waals surface area contributed by atoms with Crippen LogP contribution in [0.1, 0.15) is 84.0 Å². The molecule has 0 atom stereocenters. The fraction of sp³-hybridized carbons (Fsp3) is 0.448. The Labute approximate surface area is 198 Å². The first-order valence-electron chi connectivity index (χ1n) is 12.5. The molecule has 1 aliphatic carbocycles. The van der Waals surface area contributed by atoms with Crippen molar-refractivity contribution < 1.29 is 0 Å². The van der Waals surface area contributed by atoms with Crippen molar-refractivity contribution in [2.75, 3.05) is 13.1 Å². The number of H-pyrrole nitrogens is 1. The fourth-order valence-electron chi connectivity index (χ4n) is 5.76. The predicted molar refractivity (Wildman–Crippen MR) is 136 cm³/mol. The van der Waals surface area contributed by atoms with Crippen molar-refractivity contribution in [3.8, 4) is 11.4 Å². The molecule has 172 valence electrons. The van der Waals surface area contributed by atoms with Crippen molar-refractivity contribution in [2.24, 2.45) is 0 Å². The summed E-state index contributed by atoms with van der Waals surface area (Å²) in [6.45, 7) is 13.0. The SMILES string of the molecule is C=C(c1cc(-c2n[nH]c(C)n2)c(C2CCCC2)cc1C)N1CCC(c2ccc(C)cc2)CC1. The van der Waals surface area contributed by atoms with Gasteiger partial charge in [0.25, 0.3) is 0 Å². The highest BCUT2D eigenvalue weighted by Gasteiger charge is 2.26. The molecule has 1 aliphatic heterocycles. The van der Waals surface area contributed by atoms with Crippen LogP contribution < -0.4 is 0 Å². The number of aryl methyl sites for hydroxylation is 3. The largest absolute Gasteiger partial charge is 0.371 e. The second-order valence-electron chi connectivity index (χ2n) is 10.1. The zero-order valence-electron chi connectivity index (χ0n) is 20.3. The van der Waals surface area contributed by atoms with Crippen LogP contribution in [0.2, 0.25) is 0 Å². The first-order chi connectivity index (χ1) is 16.0. The van der Waals surface area contributed by atoms with E-state index in [2.05, 4.69) is 71.9 Å². The minimum atomic E-state index is 0.616. The lowest BCUT2D eigenvalue weighted by atomic mass is 9.86. The number of aromatic nitrogens is 3. The van der Waals surface area contributed by atoms with E-state index in [1.807, 2.05) is 6.92 Å². The van der Waals surface area contributed by atoms with Crippen molar-refractivity contribution in [1.82, 2.24) is 20.1 Å². The van der Waals surface area contributed by atoms with Crippen LogP contribution >= 0.6 is 0 Å². The molecule has 5 rings (SSSR count).